The third-order valence-corrected chi connectivity index (χ3v) is 8.14. The van der Waals surface area contributed by atoms with Crippen molar-refractivity contribution in [3.8, 4) is 17.2 Å². The number of nitrogen functional groups attached to an aromatic ring is 2. The normalized spacial score (nSPS) is 14.5. The third-order valence-electron chi connectivity index (χ3n) is 7.05. The minimum absolute atomic E-state index is 0.0814. The molecule has 1 amide bonds. The number of rotatable bonds is 6. The van der Waals surface area contributed by atoms with Crippen LogP contribution in [0.3, 0.4) is 0 Å². The molecule has 7 nitrogen and oxygen atoms in total. The number of thiophene rings is 1. The summed E-state index contributed by atoms with van der Waals surface area (Å²) < 4.78 is 0. The van der Waals surface area contributed by atoms with E-state index in [9.17, 15) is 10.1 Å². The Labute approximate surface area is 220 Å². The predicted octanol–water partition coefficient (Wildman–Crippen LogP) is 4.96. The summed E-state index contributed by atoms with van der Waals surface area (Å²) in [6.07, 6.45) is 2.67. The van der Waals surface area contributed by atoms with Gasteiger partial charge in [0.25, 0.3) is 5.91 Å². The zero-order valence-electron chi connectivity index (χ0n) is 20.8. The number of aryl methyl sites for hydroxylation is 1. The van der Waals surface area contributed by atoms with E-state index in [-0.39, 0.29) is 23.3 Å². The average Bonchev–Trinajstić information content (AvgIpc) is 3.25. The standard InChI is InChI=1S/C29H30N6OS/c1-2-18-8-10-20(11-9-18)23-22(16-30)27(32)34-29-24(23)25(31)26(37-29)28(36)33-21-12-14-35(15-13-21)17-19-6-4-3-5-7-19/h3-11,21H,2,12-15,17,31H2,1H3,(H2,32,34)(H,33,36). The Morgan fingerprint density at radius 1 is 1.11 bits per heavy atom. The van der Waals surface area contributed by atoms with Crippen LogP contribution in [0.4, 0.5) is 11.5 Å². The molecule has 1 saturated heterocycles. The van der Waals surface area contributed by atoms with Gasteiger partial charge in [-0.3, -0.25) is 9.69 Å². The lowest BCUT2D eigenvalue weighted by molar-refractivity contribution is 0.0914. The summed E-state index contributed by atoms with van der Waals surface area (Å²) >= 11 is 1.22. The summed E-state index contributed by atoms with van der Waals surface area (Å²) in [5, 5.41) is 13.7. The first-order chi connectivity index (χ1) is 18.0. The highest BCUT2D eigenvalue weighted by Gasteiger charge is 2.27. The number of carbonyl (C=O) groups is 1. The molecule has 4 aromatic rings. The number of fused-ring (bicyclic) bond motifs is 1. The Bertz CT molecular complexity index is 1460. The molecule has 0 radical (unpaired) electrons. The lowest BCUT2D eigenvalue weighted by atomic mass is 9.96. The predicted molar refractivity (Wildman–Crippen MR) is 150 cm³/mol. The van der Waals surface area contributed by atoms with Crippen LogP contribution in [0.25, 0.3) is 21.3 Å². The molecule has 0 spiro atoms. The van der Waals surface area contributed by atoms with Crippen LogP contribution in [0.5, 0.6) is 0 Å². The van der Waals surface area contributed by atoms with E-state index in [1.807, 2.05) is 30.3 Å². The Balaban J connectivity index is 1.38. The number of carbonyl (C=O) groups excluding carboxylic acids is 1. The van der Waals surface area contributed by atoms with Gasteiger partial charge in [-0.15, -0.1) is 11.3 Å². The van der Waals surface area contributed by atoms with Crippen molar-refractivity contribution in [1.29, 1.82) is 5.26 Å². The van der Waals surface area contributed by atoms with Crippen molar-refractivity contribution in [3.05, 3.63) is 76.2 Å². The molecule has 1 aliphatic heterocycles. The molecular formula is C29H30N6OS. The maximum atomic E-state index is 13.3. The number of likely N-dealkylation sites (tertiary alicyclic amines) is 1. The first-order valence-electron chi connectivity index (χ1n) is 12.6. The maximum absolute atomic E-state index is 13.3. The lowest BCUT2D eigenvalue weighted by Crippen LogP contribution is -2.44. The third kappa shape index (κ3) is 5.01. The van der Waals surface area contributed by atoms with Crippen molar-refractivity contribution in [2.75, 3.05) is 24.6 Å². The van der Waals surface area contributed by atoms with E-state index < -0.39 is 0 Å². The number of hydrogen-bond donors (Lipinski definition) is 3. The van der Waals surface area contributed by atoms with Gasteiger partial charge in [0.2, 0.25) is 0 Å². The molecule has 2 aromatic carbocycles. The van der Waals surface area contributed by atoms with Gasteiger partial charge in [0, 0.05) is 36.6 Å². The first-order valence-corrected chi connectivity index (χ1v) is 13.4. The van der Waals surface area contributed by atoms with Crippen LogP contribution >= 0.6 is 11.3 Å². The highest BCUT2D eigenvalue weighted by atomic mass is 32.1. The minimum atomic E-state index is -0.202. The molecule has 37 heavy (non-hydrogen) atoms. The summed E-state index contributed by atoms with van der Waals surface area (Å²) in [4.78, 5) is 21.2. The second kappa shape index (κ2) is 10.6. The molecular weight excluding hydrogens is 480 g/mol. The molecule has 5 rings (SSSR count). The zero-order valence-corrected chi connectivity index (χ0v) is 21.6. The quantitative estimate of drug-likeness (QED) is 0.337. The van der Waals surface area contributed by atoms with Crippen LogP contribution in [-0.2, 0) is 13.0 Å². The van der Waals surface area contributed by atoms with E-state index in [1.165, 1.54) is 22.5 Å². The lowest BCUT2D eigenvalue weighted by Gasteiger charge is -2.32. The summed E-state index contributed by atoms with van der Waals surface area (Å²) in [5.74, 6) is -0.0602. The Kier molecular flexibility index (Phi) is 7.08. The van der Waals surface area contributed by atoms with E-state index in [0.29, 0.717) is 26.3 Å². The van der Waals surface area contributed by atoms with Crippen LogP contribution < -0.4 is 16.8 Å². The van der Waals surface area contributed by atoms with Gasteiger partial charge in [-0.1, -0.05) is 61.5 Å². The van der Waals surface area contributed by atoms with Gasteiger partial charge >= 0.3 is 0 Å². The molecule has 0 atom stereocenters. The summed E-state index contributed by atoms with van der Waals surface area (Å²) in [7, 11) is 0. The number of anilines is 2. The minimum Gasteiger partial charge on any atom is -0.397 e. The van der Waals surface area contributed by atoms with E-state index in [0.717, 1.165) is 44.5 Å². The van der Waals surface area contributed by atoms with E-state index in [4.69, 9.17) is 11.5 Å². The topological polar surface area (TPSA) is 121 Å². The zero-order chi connectivity index (χ0) is 25.9. The van der Waals surface area contributed by atoms with Crippen LogP contribution in [-0.4, -0.2) is 34.9 Å². The number of hydrogen-bond acceptors (Lipinski definition) is 7. The van der Waals surface area contributed by atoms with Gasteiger partial charge in [-0.2, -0.15) is 5.26 Å². The summed E-state index contributed by atoms with van der Waals surface area (Å²) in [6.45, 7) is 4.85. The molecule has 5 N–H and O–H groups in total. The number of benzene rings is 2. The number of pyridine rings is 1. The number of nitrogens with zero attached hydrogens (tertiary/aromatic N) is 3. The summed E-state index contributed by atoms with van der Waals surface area (Å²) in [6, 6.07) is 20.7. The van der Waals surface area contributed by atoms with E-state index >= 15 is 0 Å². The van der Waals surface area contributed by atoms with Crippen molar-refractivity contribution in [1.82, 2.24) is 15.2 Å². The van der Waals surface area contributed by atoms with E-state index in [1.54, 1.807) is 0 Å². The Morgan fingerprint density at radius 2 is 1.81 bits per heavy atom. The fraction of sp³-hybridized carbons (Fsp3) is 0.276. The molecule has 0 saturated carbocycles. The number of piperidine rings is 1. The molecule has 3 heterocycles. The van der Waals surface area contributed by atoms with Gasteiger partial charge in [0.15, 0.2) is 0 Å². The molecule has 2 aromatic heterocycles. The molecule has 8 heteroatoms. The van der Waals surface area contributed by atoms with Gasteiger partial charge in [0.05, 0.1) is 5.69 Å². The highest BCUT2D eigenvalue weighted by molar-refractivity contribution is 7.21. The fourth-order valence-electron chi connectivity index (χ4n) is 4.98. The Hall–Kier alpha value is -3.93. The first kappa shape index (κ1) is 24.8. The van der Waals surface area contributed by atoms with Gasteiger partial charge in [-0.25, -0.2) is 4.98 Å². The monoisotopic (exact) mass is 510 g/mol. The number of nitriles is 1. The van der Waals surface area contributed by atoms with Crippen molar-refractivity contribution in [3.63, 3.8) is 0 Å². The van der Waals surface area contributed by atoms with Gasteiger partial charge in [0.1, 0.15) is 27.2 Å². The second-order valence-electron chi connectivity index (χ2n) is 9.44. The maximum Gasteiger partial charge on any atom is 0.263 e. The smallest absolute Gasteiger partial charge is 0.263 e. The Morgan fingerprint density at radius 3 is 2.46 bits per heavy atom. The van der Waals surface area contributed by atoms with Crippen LogP contribution in [0.15, 0.2) is 54.6 Å². The van der Waals surface area contributed by atoms with Crippen LogP contribution in [0.1, 0.15) is 46.1 Å². The van der Waals surface area contributed by atoms with Crippen molar-refractivity contribution >= 4 is 39.0 Å². The van der Waals surface area contributed by atoms with Gasteiger partial charge < -0.3 is 16.8 Å². The fourth-order valence-corrected chi connectivity index (χ4v) is 5.99. The van der Waals surface area contributed by atoms with Crippen LogP contribution in [0, 0.1) is 11.3 Å². The second-order valence-corrected chi connectivity index (χ2v) is 10.4. The number of aromatic nitrogens is 1. The molecule has 188 valence electrons. The molecule has 1 fully saturated rings. The number of nitrogens with two attached hydrogens (primary N) is 2. The summed E-state index contributed by atoms with van der Waals surface area (Å²) in [5.41, 5.74) is 17.3. The molecule has 0 aliphatic carbocycles. The van der Waals surface area contributed by atoms with Gasteiger partial charge in [-0.05, 0) is 36.0 Å². The molecule has 0 unspecified atom stereocenters. The van der Waals surface area contributed by atoms with Crippen molar-refractivity contribution in [2.45, 2.75) is 38.8 Å². The highest BCUT2D eigenvalue weighted by Crippen LogP contribution is 2.42. The largest absolute Gasteiger partial charge is 0.397 e. The molecule has 1 aliphatic rings. The van der Waals surface area contributed by atoms with Crippen molar-refractivity contribution in [2.24, 2.45) is 0 Å². The van der Waals surface area contributed by atoms with Crippen molar-refractivity contribution < 1.29 is 4.79 Å². The number of nitrogens with one attached hydrogen (secondary N) is 1. The van der Waals surface area contributed by atoms with Crippen LogP contribution in [0.2, 0.25) is 0 Å². The SMILES string of the molecule is CCc1ccc(-c2c(C#N)c(N)nc3sc(C(=O)NC4CCN(Cc5ccccc5)CC4)c(N)c23)cc1. The van der Waals surface area contributed by atoms with E-state index in [2.05, 4.69) is 52.5 Å². The number of amides is 1. The average molecular weight is 511 g/mol. The molecule has 0 bridgehead atoms.